The van der Waals surface area contributed by atoms with Gasteiger partial charge in [0.05, 0.1) is 23.7 Å². The molecule has 0 aliphatic heterocycles. The maximum Gasteiger partial charge on any atom is 0.254 e. The monoisotopic (exact) mass is 295 g/mol. The van der Waals surface area contributed by atoms with Crippen LogP contribution in [0.25, 0.3) is 5.69 Å². The van der Waals surface area contributed by atoms with Gasteiger partial charge in [-0.25, -0.2) is 4.68 Å². The Bertz CT molecular complexity index is 759. The van der Waals surface area contributed by atoms with Crippen molar-refractivity contribution in [1.82, 2.24) is 15.1 Å². The number of furan rings is 1. The summed E-state index contributed by atoms with van der Waals surface area (Å²) >= 11 is 0. The van der Waals surface area contributed by atoms with Crippen LogP contribution in [0.4, 0.5) is 0 Å². The molecule has 0 unspecified atom stereocenters. The summed E-state index contributed by atoms with van der Waals surface area (Å²) in [5, 5.41) is 7.22. The highest BCUT2D eigenvalue weighted by molar-refractivity contribution is 5.94. The molecule has 0 bridgehead atoms. The van der Waals surface area contributed by atoms with Crippen molar-refractivity contribution >= 4 is 5.91 Å². The fourth-order valence-corrected chi connectivity index (χ4v) is 2.25. The summed E-state index contributed by atoms with van der Waals surface area (Å²) in [4.78, 5) is 12.0. The fraction of sp³-hybridized carbons (Fsp3) is 0.176. The van der Waals surface area contributed by atoms with E-state index in [1.807, 2.05) is 47.4 Å². The molecule has 0 saturated heterocycles. The van der Waals surface area contributed by atoms with Crippen molar-refractivity contribution in [2.75, 3.05) is 6.54 Å². The van der Waals surface area contributed by atoms with E-state index in [1.165, 1.54) is 6.26 Å². The average Bonchev–Trinajstić information content (AvgIpc) is 3.17. The zero-order chi connectivity index (χ0) is 15.4. The molecule has 22 heavy (non-hydrogen) atoms. The Morgan fingerprint density at radius 2 is 2.09 bits per heavy atom. The Balaban J connectivity index is 1.56. The van der Waals surface area contributed by atoms with Crippen LogP contribution in [0, 0.1) is 6.92 Å². The second-order valence-corrected chi connectivity index (χ2v) is 5.03. The number of nitrogens with one attached hydrogen (secondary N) is 1. The van der Waals surface area contributed by atoms with Crippen molar-refractivity contribution in [1.29, 1.82) is 0 Å². The summed E-state index contributed by atoms with van der Waals surface area (Å²) in [5.41, 5.74) is 2.68. The maximum absolute atomic E-state index is 12.0. The van der Waals surface area contributed by atoms with Gasteiger partial charge in [-0.3, -0.25) is 4.79 Å². The van der Waals surface area contributed by atoms with E-state index < -0.39 is 0 Å². The van der Waals surface area contributed by atoms with Crippen LogP contribution in [0.2, 0.25) is 0 Å². The van der Waals surface area contributed by atoms with Gasteiger partial charge in [-0.05, 0) is 37.1 Å². The number of benzene rings is 1. The summed E-state index contributed by atoms with van der Waals surface area (Å²) < 4.78 is 6.96. The van der Waals surface area contributed by atoms with Crippen molar-refractivity contribution in [3.05, 3.63) is 71.9 Å². The van der Waals surface area contributed by atoms with Crippen LogP contribution < -0.4 is 5.32 Å². The van der Waals surface area contributed by atoms with Gasteiger partial charge in [0.15, 0.2) is 0 Å². The summed E-state index contributed by atoms with van der Waals surface area (Å²) in [6.07, 6.45) is 6.05. The third-order valence-electron chi connectivity index (χ3n) is 3.46. The van der Waals surface area contributed by atoms with Gasteiger partial charge in [-0.2, -0.15) is 5.10 Å². The van der Waals surface area contributed by atoms with E-state index in [0.717, 1.165) is 17.7 Å². The normalized spacial score (nSPS) is 10.6. The number of rotatable bonds is 5. The van der Waals surface area contributed by atoms with Gasteiger partial charge in [0.2, 0.25) is 0 Å². The van der Waals surface area contributed by atoms with Gasteiger partial charge in [-0.1, -0.05) is 18.2 Å². The fourth-order valence-electron chi connectivity index (χ4n) is 2.25. The highest BCUT2D eigenvalue weighted by atomic mass is 16.3. The number of hydrogen-bond acceptors (Lipinski definition) is 3. The molecule has 0 spiro atoms. The zero-order valence-electron chi connectivity index (χ0n) is 12.3. The number of para-hydroxylation sites is 1. The molecule has 0 atom stereocenters. The quantitative estimate of drug-likeness (QED) is 0.787. The van der Waals surface area contributed by atoms with Crippen LogP contribution in [0.3, 0.4) is 0 Å². The smallest absolute Gasteiger partial charge is 0.254 e. The van der Waals surface area contributed by atoms with Crippen LogP contribution in [0.1, 0.15) is 21.7 Å². The molecule has 0 fully saturated rings. The first-order chi connectivity index (χ1) is 10.7. The molecule has 2 heterocycles. The van der Waals surface area contributed by atoms with Gasteiger partial charge < -0.3 is 9.73 Å². The zero-order valence-corrected chi connectivity index (χ0v) is 12.3. The molecule has 1 N–H and O–H groups in total. The molecule has 3 rings (SSSR count). The highest BCUT2D eigenvalue weighted by Gasteiger charge is 2.10. The van der Waals surface area contributed by atoms with Gasteiger partial charge in [0, 0.05) is 12.7 Å². The maximum atomic E-state index is 12.0. The van der Waals surface area contributed by atoms with E-state index in [9.17, 15) is 4.79 Å². The molecule has 0 aliphatic carbocycles. The van der Waals surface area contributed by atoms with Crippen LogP contribution in [-0.4, -0.2) is 22.2 Å². The second kappa shape index (κ2) is 6.30. The number of carbonyl (C=O) groups excluding carboxylic acids is 1. The minimum absolute atomic E-state index is 0.110. The van der Waals surface area contributed by atoms with Crippen LogP contribution in [0.5, 0.6) is 0 Å². The Morgan fingerprint density at radius 1 is 1.27 bits per heavy atom. The molecular formula is C17H17N3O2. The summed E-state index contributed by atoms with van der Waals surface area (Å²) in [6, 6.07) is 11.6. The van der Waals surface area contributed by atoms with E-state index in [0.29, 0.717) is 17.9 Å². The van der Waals surface area contributed by atoms with Gasteiger partial charge in [0.25, 0.3) is 5.91 Å². The lowest BCUT2D eigenvalue weighted by Gasteiger charge is -2.03. The molecule has 5 nitrogen and oxygen atoms in total. The molecule has 5 heteroatoms. The van der Waals surface area contributed by atoms with E-state index in [2.05, 4.69) is 10.4 Å². The van der Waals surface area contributed by atoms with E-state index in [-0.39, 0.29) is 5.91 Å². The summed E-state index contributed by atoms with van der Waals surface area (Å²) in [7, 11) is 0. The SMILES string of the molecule is Cc1occc1C(=O)NCCc1cnn(-c2ccccc2)c1. The first kappa shape index (κ1) is 14.1. The van der Waals surface area contributed by atoms with Gasteiger partial charge in [-0.15, -0.1) is 0 Å². The van der Waals surface area contributed by atoms with Gasteiger partial charge in [0.1, 0.15) is 5.76 Å². The number of nitrogens with zero attached hydrogens (tertiary/aromatic N) is 2. The van der Waals surface area contributed by atoms with Crippen molar-refractivity contribution in [2.24, 2.45) is 0 Å². The Labute approximate surface area is 128 Å². The molecule has 2 aromatic heterocycles. The average molecular weight is 295 g/mol. The summed E-state index contributed by atoms with van der Waals surface area (Å²) in [6.45, 7) is 2.34. The molecule has 1 amide bonds. The lowest BCUT2D eigenvalue weighted by Crippen LogP contribution is -2.25. The predicted octanol–water partition coefficient (Wildman–Crippen LogP) is 2.75. The molecule has 0 aliphatic rings. The van der Waals surface area contributed by atoms with Crippen molar-refractivity contribution < 1.29 is 9.21 Å². The Hall–Kier alpha value is -2.82. The lowest BCUT2D eigenvalue weighted by atomic mass is 10.2. The molecule has 3 aromatic rings. The van der Waals surface area contributed by atoms with Crippen molar-refractivity contribution in [2.45, 2.75) is 13.3 Å². The Morgan fingerprint density at radius 3 is 2.82 bits per heavy atom. The molecule has 0 saturated carbocycles. The lowest BCUT2D eigenvalue weighted by molar-refractivity contribution is 0.0952. The van der Waals surface area contributed by atoms with Crippen LogP contribution in [-0.2, 0) is 6.42 Å². The van der Waals surface area contributed by atoms with E-state index >= 15 is 0 Å². The van der Waals surface area contributed by atoms with E-state index in [1.54, 1.807) is 13.0 Å². The first-order valence-electron chi connectivity index (χ1n) is 7.15. The molecular weight excluding hydrogens is 278 g/mol. The minimum atomic E-state index is -0.110. The topological polar surface area (TPSA) is 60.1 Å². The largest absolute Gasteiger partial charge is 0.469 e. The third kappa shape index (κ3) is 3.09. The molecule has 112 valence electrons. The minimum Gasteiger partial charge on any atom is -0.469 e. The summed E-state index contributed by atoms with van der Waals surface area (Å²) in [5.74, 6) is 0.524. The standard InChI is InChI=1S/C17H17N3O2/c1-13-16(8-10-22-13)17(21)18-9-7-14-11-19-20(12-14)15-5-3-2-4-6-15/h2-6,8,10-12H,7,9H2,1H3,(H,18,21). The van der Waals surface area contributed by atoms with Gasteiger partial charge >= 0.3 is 0 Å². The number of aryl methyl sites for hydroxylation is 1. The first-order valence-corrected chi connectivity index (χ1v) is 7.15. The number of aromatic nitrogens is 2. The predicted molar refractivity (Wildman–Crippen MR) is 83.0 cm³/mol. The number of carbonyl (C=O) groups is 1. The highest BCUT2D eigenvalue weighted by Crippen LogP contribution is 2.09. The number of amides is 1. The number of hydrogen-bond donors (Lipinski definition) is 1. The van der Waals surface area contributed by atoms with Crippen LogP contribution in [0.15, 0.2) is 59.5 Å². The van der Waals surface area contributed by atoms with Crippen molar-refractivity contribution in [3.8, 4) is 5.69 Å². The third-order valence-corrected chi connectivity index (χ3v) is 3.46. The molecule has 0 radical (unpaired) electrons. The molecule has 1 aromatic carbocycles. The Kier molecular flexibility index (Phi) is 4.05. The second-order valence-electron chi connectivity index (χ2n) is 5.03. The van der Waals surface area contributed by atoms with Crippen LogP contribution >= 0.6 is 0 Å². The van der Waals surface area contributed by atoms with E-state index in [4.69, 9.17) is 4.42 Å². The van der Waals surface area contributed by atoms with Crippen molar-refractivity contribution in [3.63, 3.8) is 0 Å².